The number of thiophene rings is 1. The van der Waals surface area contributed by atoms with Gasteiger partial charge in [0.05, 0.1) is 17.0 Å². The molecule has 1 N–H and O–H groups in total. The smallest absolute Gasteiger partial charge is 0.276 e. The lowest BCUT2D eigenvalue weighted by Crippen LogP contribution is -2.22. The number of fused-ring (bicyclic) bond motifs is 1. The summed E-state index contributed by atoms with van der Waals surface area (Å²) in [5, 5.41) is 4.97. The van der Waals surface area contributed by atoms with Crippen molar-refractivity contribution in [1.29, 1.82) is 0 Å². The molecule has 0 radical (unpaired) electrons. The maximum Gasteiger partial charge on any atom is 0.276 e. The summed E-state index contributed by atoms with van der Waals surface area (Å²) < 4.78 is 15.1. The van der Waals surface area contributed by atoms with Crippen LogP contribution in [0.4, 0.5) is 10.1 Å². The van der Waals surface area contributed by atoms with Crippen LogP contribution in [0.15, 0.2) is 76.0 Å². The van der Waals surface area contributed by atoms with Crippen LogP contribution in [0.25, 0.3) is 15.9 Å². The lowest BCUT2D eigenvalue weighted by molar-refractivity contribution is -0.113. The van der Waals surface area contributed by atoms with Crippen LogP contribution in [0.2, 0.25) is 0 Å². The predicted octanol–water partition coefficient (Wildman–Crippen LogP) is 4.32. The molecule has 8 heteroatoms. The molecule has 0 saturated carbocycles. The number of thioether (sulfide) groups is 1. The molecule has 2 heterocycles. The van der Waals surface area contributed by atoms with Gasteiger partial charge in [-0.1, -0.05) is 30.0 Å². The van der Waals surface area contributed by atoms with E-state index in [9.17, 15) is 14.0 Å². The lowest BCUT2D eigenvalue weighted by atomic mass is 10.3. The SMILES string of the molecule is O=C(CSc1nc2ccsc2c(=O)n1-c1ccccc1)Nc1ccc(F)cc1. The summed E-state index contributed by atoms with van der Waals surface area (Å²) in [7, 11) is 0. The van der Waals surface area contributed by atoms with Crippen LogP contribution in [0.1, 0.15) is 0 Å². The summed E-state index contributed by atoms with van der Waals surface area (Å²) in [5.74, 6) is -0.574. The highest BCUT2D eigenvalue weighted by Gasteiger charge is 2.15. The molecule has 0 bridgehead atoms. The lowest BCUT2D eigenvalue weighted by Gasteiger charge is -2.12. The number of carbonyl (C=O) groups excluding carboxylic acids is 1. The minimum atomic E-state index is -0.368. The van der Waals surface area contributed by atoms with Crippen molar-refractivity contribution in [3.63, 3.8) is 0 Å². The minimum Gasteiger partial charge on any atom is -0.325 e. The maximum atomic E-state index is 13.0. The Labute approximate surface area is 167 Å². The number of hydrogen-bond donors (Lipinski definition) is 1. The Morgan fingerprint density at radius 3 is 2.61 bits per heavy atom. The van der Waals surface area contributed by atoms with E-state index >= 15 is 0 Å². The van der Waals surface area contributed by atoms with Crippen LogP contribution in [-0.4, -0.2) is 21.2 Å². The number of para-hydroxylation sites is 1. The van der Waals surface area contributed by atoms with E-state index in [-0.39, 0.29) is 23.0 Å². The molecular weight excluding hydrogens is 397 g/mol. The Hall–Kier alpha value is -2.97. The largest absolute Gasteiger partial charge is 0.325 e. The van der Waals surface area contributed by atoms with Gasteiger partial charge in [0.1, 0.15) is 10.5 Å². The standard InChI is InChI=1S/C20H14FN3O2S2/c21-13-6-8-14(9-7-13)22-17(25)12-28-20-23-16-10-11-27-18(16)19(26)24(20)15-4-2-1-3-5-15/h1-11H,12H2,(H,22,25). The second-order valence-electron chi connectivity index (χ2n) is 5.85. The quantitative estimate of drug-likeness (QED) is 0.392. The van der Waals surface area contributed by atoms with E-state index in [1.54, 1.807) is 6.07 Å². The number of anilines is 1. The highest BCUT2D eigenvalue weighted by atomic mass is 32.2. The summed E-state index contributed by atoms with van der Waals surface area (Å²) in [4.78, 5) is 29.8. The van der Waals surface area contributed by atoms with Crippen molar-refractivity contribution in [3.8, 4) is 5.69 Å². The van der Waals surface area contributed by atoms with Gasteiger partial charge >= 0.3 is 0 Å². The fourth-order valence-electron chi connectivity index (χ4n) is 2.65. The van der Waals surface area contributed by atoms with E-state index in [1.165, 1.54) is 51.9 Å². The third-order valence-corrected chi connectivity index (χ3v) is 5.75. The van der Waals surface area contributed by atoms with Crippen LogP contribution in [0.5, 0.6) is 0 Å². The second kappa shape index (κ2) is 7.95. The van der Waals surface area contributed by atoms with Gasteiger partial charge in [0.2, 0.25) is 5.91 Å². The van der Waals surface area contributed by atoms with Crippen LogP contribution >= 0.6 is 23.1 Å². The number of halogens is 1. The molecule has 1 amide bonds. The molecule has 2 aromatic heterocycles. The van der Waals surface area contributed by atoms with Crippen LogP contribution in [0.3, 0.4) is 0 Å². The molecule has 0 atom stereocenters. The molecule has 5 nitrogen and oxygen atoms in total. The van der Waals surface area contributed by atoms with Crippen LogP contribution < -0.4 is 10.9 Å². The number of nitrogens with zero attached hydrogens (tertiary/aromatic N) is 2. The zero-order valence-electron chi connectivity index (χ0n) is 14.5. The Morgan fingerprint density at radius 1 is 1.11 bits per heavy atom. The van der Waals surface area contributed by atoms with Crippen LogP contribution in [-0.2, 0) is 4.79 Å². The van der Waals surface area contributed by atoms with Gasteiger partial charge < -0.3 is 5.32 Å². The molecule has 140 valence electrons. The van der Waals surface area contributed by atoms with Crippen molar-refractivity contribution in [2.45, 2.75) is 5.16 Å². The van der Waals surface area contributed by atoms with E-state index < -0.39 is 0 Å². The monoisotopic (exact) mass is 411 g/mol. The molecule has 0 saturated heterocycles. The van der Waals surface area contributed by atoms with Crippen molar-refractivity contribution < 1.29 is 9.18 Å². The third kappa shape index (κ3) is 3.83. The van der Waals surface area contributed by atoms with Gasteiger partial charge in [0.15, 0.2) is 5.16 Å². The van der Waals surface area contributed by atoms with E-state index in [0.717, 1.165) is 0 Å². The first-order chi connectivity index (χ1) is 13.6. The van der Waals surface area contributed by atoms with Crippen molar-refractivity contribution >= 4 is 44.9 Å². The first-order valence-electron chi connectivity index (χ1n) is 8.36. The van der Waals surface area contributed by atoms with E-state index in [2.05, 4.69) is 10.3 Å². The zero-order chi connectivity index (χ0) is 19.5. The van der Waals surface area contributed by atoms with Crippen molar-refractivity contribution in [2.75, 3.05) is 11.1 Å². The number of rotatable bonds is 5. The number of nitrogens with one attached hydrogen (secondary N) is 1. The normalized spacial score (nSPS) is 10.9. The predicted molar refractivity (Wildman–Crippen MR) is 111 cm³/mol. The molecule has 2 aromatic carbocycles. The molecule has 0 fully saturated rings. The summed E-state index contributed by atoms with van der Waals surface area (Å²) in [6.45, 7) is 0. The fraction of sp³-hybridized carbons (Fsp3) is 0.0500. The average molecular weight is 411 g/mol. The van der Waals surface area contributed by atoms with Crippen molar-refractivity contribution in [2.24, 2.45) is 0 Å². The summed E-state index contributed by atoms with van der Waals surface area (Å²) in [6, 6.07) is 16.5. The summed E-state index contributed by atoms with van der Waals surface area (Å²) in [5.41, 5.74) is 1.65. The number of aromatic nitrogens is 2. The maximum absolute atomic E-state index is 13.0. The minimum absolute atomic E-state index is 0.0618. The summed E-state index contributed by atoms with van der Waals surface area (Å²) >= 11 is 2.52. The number of benzene rings is 2. The fourth-order valence-corrected chi connectivity index (χ4v) is 4.23. The summed E-state index contributed by atoms with van der Waals surface area (Å²) in [6.07, 6.45) is 0. The molecule has 0 aliphatic rings. The first-order valence-corrected chi connectivity index (χ1v) is 10.2. The number of amides is 1. The van der Waals surface area contributed by atoms with Gasteiger partial charge in [-0.2, -0.15) is 0 Å². The number of carbonyl (C=O) groups is 1. The number of hydrogen-bond acceptors (Lipinski definition) is 5. The van der Waals surface area contributed by atoms with Crippen molar-refractivity contribution in [3.05, 3.63) is 82.2 Å². The van der Waals surface area contributed by atoms with Gasteiger partial charge in [-0.15, -0.1) is 11.3 Å². The highest BCUT2D eigenvalue weighted by Crippen LogP contribution is 2.23. The van der Waals surface area contributed by atoms with Crippen molar-refractivity contribution in [1.82, 2.24) is 9.55 Å². The topological polar surface area (TPSA) is 64.0 Å². The average Bonchev–Trinajstić information content (AvgIpc) is 3.18. The van der Waals surface area contributed by atoms with Crippen LogP contribution in [0, 0.1) is 5.82 Å². The Bertz CT molecular complexity index is 1190. The molecule has 4 aromatic rings. The van der Waals surface area contributed by atoms with Gasteiger partial charge in [-0.25, -0.2) is 9.37 Å². The molecule has 28 heavy (non-hydrogen) atoms. The van der Waals surface area contributed by atoms with Gasteiger partial charge in [-0.05, 0) is 47.8 Å². The molecule has 0 aliphatic carbocycles. The van der Waals surface area contributed by atoms with Gasteiger partial charge in [0, 0.05) is 5.69 Å². The molecule has 4 rings (SSSR count). The van der Waals surface area contributed by atoms with E-state index in [0.29, 0.717) is 26.7 Å². The second-order valence-corrected chi connectivity index (χ2v) is 7.71. The first kappa shape index (κ1) is 18.4. The Balaban J connectivity index is 1.61. The Kier molecular flexibility index (Phi) is 5.23. The molecule has 0 unspecified atom stereocenters. The van der Waals surface area contributed by atoms with E-state index in [4.69, 9.17) is 0 Å². The third-order valence-electron chi connectivity index (χ3n) is 3.92. The molecular formula is C20H14FN3O2S2. The Morgan fingerprint density at radius 2 is 1.86 bits per heavy atom. The molecule has 0 aliphatic heterocycles. The zero-order valence-corrected chi connectivity index (χ0v) is 16.1. The highest BCUT2D eigenvalue weighted by molar-refractivity contribution is 7.99. The van der Waals surface area contributed by atoms with E-state index in [1.807, 2.05) is 35.7 Å². The van der Waals surface area contributed by atoms with Gasteiger partial charge in [-0.3, -0.25) is 14.2 Å². The molecule has 0 spiro atoms. The van der Waals surface area contributed by atoms with Gasteiger partial charge in [0.25, 0.3) is 5.56 Å².